The molecule has 1 saturated heterocycles. The number of hydrogen-bond acceptors (Lipinski definition) is 3. The molecule has 0 unspecified atom stereocenters. The lowest BCUT2D eigenvalue weighted by Crippen LogP contribution is -2.43. The average molecular weight is 513 g/mol. The zero-order chi connectivity index (χ0) is 17.0. The maximum Gasteiger partial charge on any atom is 0.324 e. The van der Waals surface area contributed by atoms with E-state index in [0.29, 0.717) is 25.6 Å². The number of imide groups is 1. The minimum atomic E-state index is -0.339. The maximum atomic E-state index is 11.5. The van der Waals surface area contributed by atoms with E-state index in [9.17, 15) is 9.59 Å². The number of aromatic nitrogens is 1. The van der Waals surface area contributed by atoms with E-state index in [-0.39, 0.29) is 42.5 Å². The van der Waals surface area contributed by atoms with E-state index in [4.69, 9.17) is 0 Å². The number of hydrogen-bond donors (Lipinski definition) is 2. The summed E-state index contributed by atoms with van der Waals surface area (Å²) in [5.41, 5.74) is 1.14. The summed E-state index contributed by atoms with van der Waals surface area (Å²) in [6.07, 6.45) is 2.00. The van der Waals surface area contributed by atoms with Crippen molar-refractivity contribution >= 4 is 57.8 Å². The Balaban J connectivity index is 0.00000288. The second kappa shape index (κ2) is 9.25. The summed E-state index contributed by atoms with van der Waals surface area (Å²) in [7, 11) is 5.62. The van der Waals surface area contributed by atoms with Gasteiger partial charge in [-0.05, 0) is 22.0 Å². The number of rotatable bonds is 5. The van der Waals surface area contributed by atoms with Gasteiger partial charge in [-0.25, -0.2) is 4.79 Å². The first-order chi connectivity index (χ1) is 10.9. The van der Waals surface area contributed by atoms with E-state index in [1.807, 2.05) is 29.8 Å². The molecule has 8 nitrogen and oxygen atoms in total. The predicted molar refractivity (Wildman–Crippen MR) is 106 cm³/mol. The van der Waals surface area contributed by atoms with Gasteiger partial charge in [0.2, 0.25) is 5.91 Å². The molecular weight excluding hydrogens is 491 g/mol. The van der Waals surface area contributed by atoms with E-state index < -0.39 is 0 Å². The number of amides is 3. The summed E-state index contributed by atoms with van der Waals surface area (Å²) in [6.45, 7) is 1.53. The van der Waals surface area contributed by atoms with E-state index in [2.05, 4.69) is 37.6 Å². The van der Waals surface area contributed by atoms with Gasteiger partial charge in [0, 0.05) is 50.6 Å². The first-order valence-corrected chi connectivity index (χ1v) is 8.02. The minimum absolute atomic E-state index is 0. The van der Waals surface area contributed by atoms with Gasteiger partial charge in [-0.2, -0.15) is 0 Å². The molecule has 134 valence electrons. The fraction of sp³-hybridized carbons (Fsp3) is 0.500. The second-order valence-corrected chi connectivity index (χ2v) is 6.21. The fourth-order valence-corrected chi connectivity index (χ4v) is 2.96. The number of nitrogens with one attached hydrogen (secondary N) is 2. The van der Waals surface area contributed by atoms with Gasteiger partial charge < -0.3 is 20.1 Å². The highest BCUT2D eigenvalue weighted by Crippen LogP contribution is 2.14. The minimum Gasteiger partial charge on any atom is -0.354 e. The van der Waals surface area contributed by atoms with Gasteiger partial charge in [-0.1, -0.05) is 0 Å². The Morgan fingerprint density at radius 3 is 2.71 bits per heavy atom. The van der Waals surface area contributed by atoms with Crippen molar-refractivity contribution in [2.75, 3.05) is 33.7 Å². The van der Waals surface area contributed by atoms with Crippen molar-refractivity contribution in [3.05, 3.63) is 22.4 Å². The largest absolute Gasteiger partial charge is 0.354 e. The zero-order valence-electron chi connectivity index (χ0n) is 13.9. The van der Waals surface area contributed by atoms with Gasteiger partial charge in [-0.3, -0.25) is 14.7 Å². The van der Waals surface area contributed by atoms with Crippen LogP contribution in [0.3, 0.4) is 0 Å². The van der Waals surface area contributed by atoms with Crippen molar-refractivity contribution in [1.82, 2.24) is 25.0 Å². The molecule has 0 aliphatic carbocycles. The van der Waals surface area contributed by atoms with Crippen LogP contribution in [0.1, 0.15) is 5.69 Å². The monoisotopic (exact) mass is 512 g/mol. The molecule has 1 aliphatic heterocycles. The molecule has 0 aromatic carbocycles. The Kier molecular flexibility index (Phi) is 8.00. The molecule has 0 atom stereocenters. The van der Waals surface area contributed by atoms with Gasteiger partial charge in [0.05, 0.1) is 13.1 Å². The lowest BCUT2D eigenvalue weighted by molar-refractivity contribution is -0.124. The molecule has 2 N–H and O–H groups in total. The summed E-state index contributed by atoms with van der Waals surface area (Å²) in [5, 5.41) is 5.66. The summed E-state index contributed by atoms with van der Waals surface area (Å²) in [6, 6.07) is 1.71. The van der Waals surface area contributed by atoms with E-state index in [1.54, 1.807) is 7.05 Å². The molecule has 1 aromatic rings. The number of guanidine groups is 1. The lowest BCUT2D eigenvalue weighted by Gasteiger charge is -2.23. The molecule has 0 saturated carbocycles. The highest BCUT2D eigenvalue weighted by atomic mass is 127. The Bertz CT molecular complexity index is 617. The number of urea groups is 1. The van der Waals surface area contributed by atoms with E-state index in [1.165, 1.54) is 4.90 Å². The first kappa shape index (κ1) is 20.7. The van der Waals surface area contributed by atoms with Gasteiger partial charge in [-0.15, -0.1) is 24.0 Å². The molecule has 1 fully saturated rings. The highest BCUT2D eigenvalue weighted by Gasteiger charge is 2.27. The molecule has 0 radical (unpaired) electrons. The van der Waals surface area contributed by atoms with E-state index >= 15 is 0 Å². The second-order valence-electron chi connectivity index (χ2n) is 5.29. The first-order valence-electron chi connectivity index (χ1n) is 7.23. The van der Waals surface area contributed by atoms with Gasteiger partial charge >= 0.3 is 6.03 Å². The van der Waals surface area contributed by atoms with Crippen LogP contribution in [0.25, 0.3) is 0 Å². The smallest absolute Gasteiger partial charge is 0.324 e. The van der Waals surface area contributed by atoms with Crippen molar-refractivity contribution in [1.29, 1.82) is 0 Å². The Hall–Kier alpha value is -1.30. The number of carbonyl (C=O) groups is 2. The third-order valence-corrected chi connectivity index (χ3v) is 4.04. The molecule has 1 aliphatic rings. The van der Waals surface area contributed by atoms with Crippen LogP contribution < -0.4 is 10.6 Å². The van der Waals surface area contributed by atoms with Gasteiger partial charge in [0.25, 0.3) is 0 Å². The molecular formula is C14H22BrIN6O2. The molecule has 0 bridgehead atoms. The number of carbonyl (C=O) groups excluding carboxylic acids is 2. The number of nitrogens with zero attached hydrogens (tertiary/aromatic N) is 4. The van der Waals surface area contributed by atoms with Crippen molar-refractivity contribution < 1.29 is 9.59 Å². The van der Waals surface area contributed by atoms with Crippen molar-refractivity contribution in [3.63, 3.8) is 0 Å². The summed E-state index contributed by atoms with van der Waals surface area (Å²) >= 11 is 3.46. The van der Waals surface area contributed by atoms with E-state index in [0.717, 1.165) is 10.2 Å². The van der Waals surface area contributed by atoms with Crippen LogP contribution in [-0.4, -0.2) is 66.0 Å². The normalized spacial score (nSPS) is 14.5. The maximum absolute atomic E-state index is 11.5. The van der Waals surface area contributed by atoms with Crippen LogP contribution >= 0.6 is 39.9 Å². The Labute approximate surface area is 166 Å². The number of aryl methyl sites for hydroxylation is 1. The van der Waals surface area contributed by atoms with Crippen molar-refractivity contribution in [2.45, 2.75) is 6.54 Å². The topological polar surface area (TPSA) is 82.0 Å². The number of aliphatic imine (C=N–C) groups is 1. The zero-order valence-corrected chi connectivity index (χ0v) is 17.8. The van der Waals surface area contributed by atoms with Crippen molar-refractivity contribution in [3.8, 4) is 0 Å². The van der Waals surface area contributed by atoms with Crippen LogP contribution in [0, 0.1) is 0 Å². The van der Waals surface area contributed by atoms with Crippen molar-refractivity contribution in [2.24, 2.45) is 12.0 Å². The molecule has 10 heteroatoms. The lowest BCUT2D eigenvalue weighted by atomic mass is 10.4. The Morgan fingerprint density at radius 2 is 2.21 bits per heavy atom. The standard InChI is InChI=1S/C14H21BrN6O2.HI/c1-16-13(17-4-5-21-12(22)7-18-14(21)23)20(3)9-11-6-10(15)8-19(11)2;/h6,8H,4-5,7,9H2,1-3H3,(H,16,17)(H,18,23);1H. The third kappa shape index (κ3) is 5.10. The van der Waals surface area contributed by atoms with Crippen LogP contribution in [0.5, 0.6) is 0 Å². The molecule has 1 aromatic heterocycles. The predicted octanol–water partition coefficient (Wildman–Crippen LogP) is 0.965. The Morgan fingerprint density at radius 1 is 1.50 bits per heavy atom. The summed E-state index contributed by atoms with van der Waals surface area (Å²) in [5.74, 6) is 0.503. The molecule has 2 rings (SSSR count). The quantitative estimate of drug-likeness (QED) is 0.266. The molecule has 0 spiro atoms. The molecule has 2 heterocycles. The SMILES string of the molecule is CN=C(NCCN1C(=O)CNC1=O)N(C)Cc1cc(Br)cn1C.I. The fourth-order valence-electron chi connectivity index (χ4n) is 2.39. The van der Waals surface area contributed by atoms with Crippen LogP contribution in [0.15, 0.2) is 21.7 Å². The average Bonchev–Trinajstić information content (AvgIpc) is 2.98. The van der Waals surface area contributed by atoms with Gasteiger partial charge in [0.1, 0.15) is 0 Å². The number of halogens is 2. The van der Waals surface area contributed by atoms with Crippen LogP contribution in [0.4, 0.5) is 4.79 Å². The van der Waals surface area contributed by atoms with Gasteiger partial charge in [0.15, 0.2) is 5.96 Å². The molecule has 3 amide bonds. The summed E-state index contributed by atoms with van der Waals surface area (Å²) < 4.78 is 3.08. The summed E-state index contributed by atoms with van der Waals surface area (Å²) in [4.78, 5) is 30.4. The van der Waals surface area contributed by atoms with Crippen LogP contribution in [-0.2, 0) is 18.4 Å². The third-order valence-electron chi connectivity index (χ3n) is 3.60. The highest BCUT2D eigenvalue weighted by molar-refractivity contribution is 14.0. The van der Waals surface area contributed by atoms with Crippen LogP contribution in [0.2, 0.25) is 0 Å². The molecule has 24 heavy (non-hydrogen) atoms.